The molecule has 0 aliphatic carbocycles. The molecule has 0 bridgehead atoms. The van der Waals surface area contributed by atoms with Gasteiger partial charge in [-0.15, -0.1) is 0 Å². The summed E-state index contributed by atoms with van der Waals surface area (Å²) >= 11 is 0. The summed E-state index contributed by atoms with van der Waals surface area (Å²) in [6.07, 6.45) is 5.00. The third-order valence-electron chi connectivity index (χ3n) is 4.01. The molecular formula is C21H20N2O4. The van der Waals surface area contributed by atoms with Crippen molar-refractivity contribution in [2.75, 3.05) is 0 Å². The summed E-state index contributed by atoms with van der Waals surface area (Å²) in [5.74, 6) is -0.237. The highest BCUT2D eigenvalue weighted by molar-refractivity contribution is 5.67. The molecule has 3 aromatic rings. The molecule has 0 amide bonds. The first-order chi connectivity index (χ1) is 13.1. The monoisotopic (exact) mass is 364 g/mol. The van der Waals surface area contributed by atoms with E-state index >= 15 is 0 Å². The topological polar surface area (TPSA) is 70.4 Å². The van der Waals surface area contributed by atoms with E-state index in [-0.39, 0.29) is 24.4 Å². The van der Waals surface area contributed by atoms with Crippen molar-refractivity contribution in [2.24, 2.45) is 7.05 Å². The molecule has 0 N–H and O–H groups in total. The summed E-state index contributed by atoms with van der Waals surface area (Å²) in [5, 5.41) is 0. The van der Waals surface area contributed by atoms with Crippen molar-refractivity contribution in [1.82, 2.24) is 9.55 Å². The molecule has 0 aliphatic heterocycles. The number of nitrogens with zero attached hydrogens (tertiary/aromatic N) is 2. The Hall–Kier alpha value is -3.41. The highest BCUT2D eigenvalue weighted by Gasteiger charge is 2.18. The second-order valence-corrected chi connectivity index (χ2v) is 6.07. The van der Waals surface area contributed by atoms with E-state index in [1.165, 1.54) is 6.92 Å². The second kappa shape index (κ2) is 8.31. The van der Waals surface area contributed by atoms with Gasteiger partial charge < -0.3 is 14.0 Å². The number of aryl methyl sites for hydroxylation is 1. The van der Waals surface area contributed by atoms with Crippen molar-refractivity contribution >= 4 is 5.97 Å². The van der Waals surface area contributed by atoms with E-state index in [1.54, 1.807) is 29.2 Å². The zero-order valence-corrected chi connectivity index (χ0v) is 15.2. The predicted molar refractivity (Wildman–Crippen MR) is 101 cm³/mol. The Labute approximate surface area is 157 Å². The Balaban J connectivity index is 2.04. The fraction of sp³-hybridized carbons (Fsp3) is 0.190. The van der Waals surface area contributed by atoms with Crippen molar-refractivity contribution in [3.8, 4) is 17.0 Å². The fourth-order valence-electron chi connectivity index (χ4n) is 2.75. The number of benzene rings is 1. The van der Waals surface area contributed by atoms with E-state index in [0.29, 0.717) is 11.3 Å². The lowest BCUT2D eigenvalue weighted by Gasteiger charge is -2.17. The Kier molecular flexibility index (Phi) is 5.66. The third-order valence-corrected chi connectivity index (χ3v) is 4.01. The minimum absolute atomic E-state index is 0.100. The molecule has 0 aliphatic rings. The average molecular weight is 364 g/mol. The van der Waals surface area contributed by atoms with Crippen LogP contribution >= 0.6 is 0 Å². The van der Waals surface area contributed by atoms with Gasteiger partial charge in [-0.3, -0.25) is 14.6 Å². The van der Waals surface area contributed by atoms with Crippen LogP contribution in [0.25, 0.3) is 11.3 Å². The number of hydrogen-bond donors (Lipinski definition) is 0. The molecule has 0 fully saturated rings. The number of ether oxygens (including phenoxy) is 2. The van der Waals surface area contributed by atoms with Crippen molar-refractivity contribution in [3.05, 3.63) is 82.4 Å². The SMILES string of the molecule is CC(=O)OCc1cn(C)c(-c2cccnc2)c(OCc2ccccc2)c1=O. The molecule has 0 unspecified atom stereocenters. The van der Waals surface area contributed by atoms with Gasteiger partial charge >= 0.3 is 5.97 Å². The van der Waals surface area contributed by atoms with Gasteiger partial charge in [0.25, 0.3) is 0 Å². The van der Waals surface area contributed by atoms with Gasteiger partial charge in [-0.1, -0.05) is 30.3 Å². The number of pyridine rings is 2. The van der Waals surface area contributed by atoms with Crippen LogP contribution in [0.4, 0.5) is 0 Å². The number of esters is 1. The standard InChI is InChI=1S/C21H20N2O4/c1-15(24)26-14-18-12-23(2)19(17-9-6-10-22-11-17)21(20(18)25)27-13-16-7-4-3-5-8-16/h3-12H,13-14H2,1-2H3. The first-order valence-corrected chi connectivity index (χ1v) is 8.49. The molecule has 1 aromatic carbocycles. The van der Waals surface area contributed by atoms with Crippen LogP contribution in [0.5, 0.6) is 5.75 Å². The van der Waals surface area contributed by atoms with E-state index < -0.39 is 5.97 Å². The number of carbonyl (C=O) groups excluding carboxylic acids is 1. The zero-order valence-electron chi connectivity index (χ0n) is 15.2. The van der Waals surface area contributed by atoms with Gasteiger partial charge in [-0.25, -0.2) is 0 Å². The van der Waals surface area contributed by atoms with Gasteiger partial charge in [0.2, 0.25) is 5.43 Å². The summed E-state index contributed by atoms with van der Waals surface area (Å²) in [7, 11) is 1.81. The maximum absolute atomic E-state index is 13.0. The summed E-state index contributed by atoms with van der Waals surface area (Å²) < 4.78 is 12.7. The quantitative estimate of drug-likeness (QED) is 0.629. The van der Waals surface area contributed by atoms with Crippen LogP contribution in [-0.2, 0) is 29.8 Å². The van der Waals surface area contributed by atoms with Crippen molar-refractivity contribution in [1.29, 1.82) is 0 Å². The van der Waals surface area contributed by atoms with Crippen LogP contribution in [0.15, 0.2) is 65.8 Å². The number of carbonyl (C=O) groups is 1. The van der Waals surface area contributed by atoms with E-state index in [9.17, 15) is 9.59 Å². The molecule has 0 radical (unpaired) electrons. The third kappa shape index (κ3) is 4.41. The summed E-state index contributed by atoms with van der Waals surface area (Å²) in [4.78, 5) is 28.3. The van der Waals surface area contributed by atoms with Gasteiger partial charge in [0, 0.05) is 38.1 Å². The molecule has 2 aromatic heterocycles. The Morgan fingerprint density at radius 2 is 1.89 bits per heavy atom. The molecule has 138 valence electrons. The fourth-order valence-corrected chi connectivity index (χ4v) is 2.75. The van der Waals surface area contributed by atoms with E-state index in [0.717, 1.165) is 11.1 Å². The highest BCUT2D eigenvalue weighted by atomic mass is 16.5. The number of aromatic nitrogens is 2. The Bertz CT molecular complexity index is 982. The van der Waals surface area contributed by atoms with Crippen LogP contribution in [0.1, 0.15) is 18.1 Å². The van der Waals surface area contributed by atoms with Crippen LogP contribution in [-0.4, -0.2) is 15.5 Å². The lowest BCUT2D eigenvalue weighted by molar-refractivity contribution is -0.142. The molecule has 0 atom stereocenters. The first kappa shape index (κ1) is 18.4. The predicted octanol–water partition coefficient (Wildman–Crippen LogP) is 3.09. The normalized spacial score (nSPS) is 10.4. The van der Waals surface area contributed by atoms with Gasteiger partial charge in [0.05, 0.1) is 11.3 Å². The maximum Gasteiger partial charge on any atom is 0.302 e. The lowest BCUT2D eigenvalue weighted by Crippen LogP contribution is -2.19. The molecule has 2 heterocycles. The molecule has 3 rings (SSSR count). The van der Waals surface area contributed by atoms with Crippen LogP contribution in [0, 0.1) is 0 Å². The van der Waals surface area contributed by atoms with Crippen molar-refractivity contribution < 1.29 is 14.3 Å². The van der Waals surface area contributed by atoms with Gasteiger partial charge in [-0.05, 0) is 17.7 Å². The van der Waals surface area contributed by atoms with Crippen LogP contribution in [0.3, 0.4) is 0 Å². The second-order valence-electron chi connectivity index (χ2n) is 6.07. The van der Waals surface area contributed by atoms with E-state index in [2.05, 4.69) is 4.98 Å². The van der Waals surface area contributed by atoms with Crippen LogP contribution < -0.4 is 10.2 Å². The average Bonchev–Trinajstić information content (AvgIpc) is 2.68. The Morgan fingerprint density at radius 3 is 2.56 bits per heavy atom. The summed E-state index contributed by atoms with van der Waals surface area (Å²) in [6, 6.07) is 13.3. The van der Waals surface area contributed by atoms with Gasteiger partial charge in [0.1, 0.15) is 13.2 Å². The molecule has 0 saturated heterocycles. The van der Waals surface area contributed by atoms with E-state index in [1.807, 2.05) is 43.4 Å². The Morgan fingerprint density at radius 1 is 1.11 bits per heavy atom. The largest absolute Gasteiger partial charge is 0.483 e. The lowest BCUT2D eigenvalue weighted by atomic mass is 10.1. The molecule has 0 spiro atoms. The minimum Gasteiger partial charge on any atom is -0.483 e. The molecule has 27 heavy (non-hydrogen) atoms. The highest BCUT2D eigenvalue weighted by Crippen LogP contribution is 2.27. The molecular weight excluding hydrogens is 344 g/mol. The van der Waals surface area contributed by atoms with Crippen molar-refractivity contribution in [2.45, 2.75) is 20.1 Å². The number of rotatable bonds is 6. The van der Waals surface area contributed by atoms with Gasteiger partial charge in [-0.2, -0.15) is 0 Å². The zero-order chi connectivity index (χ0) is 19.2. The first-order valence-electron chi connectivity index (χ1n) is 8.49. The molecule has 0 saturated carbocycles. The minimum atomic E-state index is -0.444. The summed E-state index contributed by atoms with van der Waals surface area (Å²) in [5.41, 5.74) is 2.38. The van der Waals surface area contributed by atoms with Crippen LogP contribution in [0.2, 0.25) is 0 Å². The number of hydrogen-bond acceptors (Lipinski definition) is 5. The molecule has 6 nitrogen and oxygen atoms in total. The maximum atomic E-state index is 13.0. The van der Waals surface area contributed by atoms with Crippen molar-refractivity contribution in [3.63, 3.8) is 0 Å². The van der Waals surface area contributed by atoms with Gasteiger partial charge in [0.15, 0.2) is 5.75 Å². The molecule has 6 heteroatoms. The smallest absolute Gasteiger partial charge is 0.302 e. The summed E-state index contributed by atoms with van der Waals surface area (Å²) in [6.45, 7) is 1.46. The van der Waals surface area contributed by atoms with E-state index in [4.69, 9.17) is 9.47 Å².